The molecule has 2 heteroatoms. The fourth-order valence-corrected chi connectivity index (χ4v) is 5.95. The second-order valence-electron chi connectivity index (χ2n) is 10.7. The van der Waals surface area contributed by atoms with Gasteiger partial charge in [0.2, 0.25) is 0 Å². The van der Waals surface area contributed by atoms with E-state index in [9.17, 15) is 0 Å². The van der Waals surface area contributed by atoms with Gasteiger partial charge in [-0.05, 0) is 106 Å². The van der Waals surface area contributed by atoms with Crippen LogP contribution >= 0.6 is 0 Å². The van der Waals surface area contributed by atoms with Crippen molar-refractivity contribution in [1.29, 1.82) is 0 Å². The lowest BCUT2D eigenvalue weighted by Crippen LogP contribution is -2.41. The SMILES string of the molecule is Cc1cccc(N(C2=CCCC=C2)C2=c3ccccc3=C(N(c3cccc(C)c3)c3cccc(C)c3)CC2)c1. The van der Waals surface area contributed by atoms with Crippen LogP contribution < -0.4 is 20.2 Å². The zero-order valence-corrected chi connectivity index (χ0v) is 23.2. The van der Waals surface area contributed by atoms with E-state index in [2.05, 4.69) is 146 Å². The first-order valence-electron chi connectivity index (χ1n) is 14.1. The van der Waals surface area contributed by atoms with Crippen LogP contribution in [0.4, 0.5) is 17.1 Å². The molecule has 0 N–H and O–H groups in total. The van der Waals surface area contributed by atoms with E-state index in [1.807, 2.05) is 0 Å². The average Bonchev–Trinajstić information content (AvgIpc) is 2.95. The van der Waals surface area contributed by atoms with Gasteiger partial charge in [0.05, 0.1) is 0 Å². The average molecular weight is 509 g/mol. The molecule has 194 valence electrons. The Morgan fingerprint density at radius 1 is 0.513 bits per heavy atom. The molecule has 0 saturated carbocycles. The molecule has 0 saturated heterocycles. The molecule has 4 aromatic rings. The second-order valence-corrected chi connectivity index (χ2v) is 10.7. The fourth-order valence-electron chi connectivity index (χ4n) is 5.95. The highest BCUT2D eigenvalue weighted by Gasteiger charge is 2.24. The van der Waals surface area contributed by atoms with Crippen LogP contribution in [0.2, 0.25) is 0 Å². The summed E-state index contributed by atoms with van der Waals surface area (Å²) >= 11 is 0. The molecule has 0 heterocycles. The Morgan fingerprint density at radius 2 is 1.00 bits per heavy atom. The van der Waals surface area contributed by atoms with Crippen molar-refractivity contribution in [2.75, 3.05) is 9.80 Å². The topological polar surface area (TPSA) is 6.48 Å². The van der Waals surface area contributed by atoms with Crippen molar-refractivity contribution in [1.82, 2.24) is 0 Å². The Bertz CT molecular complexity index is 1660. The summed E-state index contributed by atoms with van der Waals surface area (Å²) in [6.45, 7) is 6.53. The molecule has 39 heavy (non-hydrogen) atoms. The van der Waals surface area contributed by atoms with E-state index in [0.717, 1.165) is 25.7 Å². The first-order chi connectivity index (χ1) is 19.1. The van der Waals surface area contributed by atoms with Gasteiger partial charge in [-0.25, -0.2) is 0 Å². The predicted molar refractivity (Wildman–Crippen MR) is 166 cm³/mol. The summed E-state index contributed by atoms with van der Waals surface area (Å²) in [5, 5.41) is 2.62. The lowest BCUT2D eigenvalue weighted by molar-refractivity contribution is 0.941. The number of benzene rings is 4. The van der Waals surface area contributed by atoms with Crippen LogP contribution in [-0.4, -0.2) is 0 Å². The highest BCUT2D eigenvalue weighted by atomic mass is 15.2. The van der Waals surface area contributed by atoms with Gasteiger partial charge in [0.1, 0.15) is 0 Å². The number of hydrogen-bond donors (Lipinski definition) is 0. The Balaban J connectivity index is 1.63. The number of rotatable bonds is 6. The zero-order valence-electron chi connectivity index (χ0n) is 23.2. The van der Waals surface area contributed by atoms with Crippen molar-refractivity contribution in [3.8, 4) is 0 Å². The highest BCUT2D eigenvalue weighted by molar-refractivity contribution is 5.84. The highest BCUT2D eigenvalue weighted by Crippen LogP contribution is 2.37. The van der Waals surface area contributed by atoms with Gasteiger partial charge >= 0.3 is 0 Å². The van der Waals surface area contributed by atoms with Crippen LogP contribution in [0.3, 0.4) is 0 Å². The van der Waals surface area contributed by atoms with Crippen molar-refractivity contribution in [2.45, 2.75) is 46.5 Å². The molecule has 4 aromatic carbocycles. The molecule has 0 aromatic heterocycles. The Kier molecular flexibility index (Phi) is 6.94. The van der Waals surface area contributed by atoms with Crippen LogP contribution in [0, 0.1) is 20.8 Å². The van der Waals surface area contributed by atoms with Crippen LogP contribution in [0.15, 0.2) is 121 Å². The van der Waals surface area contributed by atoms with E-state index >= 15 is 0 Å². The first-order valence-corrected chi connectivity index (χ1v) is 14.1. The minimum Gasteiger partial charge on any atom is -0.314 e. The summed E-state index contributed by atoms with van der Waals surface area (Å²) < 4.78 is 0. The Labute approximate surface area is 232 Å². The summed E-state index contributed by atoms with van der Waals surface area (Å²) in [7, 11) is 0. The minimum absolute atomic E-state index is 0.952. The van der Waals surface area contributed by atoms with Crippen molar-refractivity contribution >= 4 is 28.5 Å². The second kappa shape index (κ2) is 10.8. The largest absolute Gasteiger partial charge is 0.314 e. The molecular weight excluding hydrogens is 472 g/mol. The first kappa shape index (κ1) is 25.0. The number of aryl methyl sites for hydroxylation is 3. The fraction of sp³-hybridized carbons (Fsp3) is 0.189. The monoisotopic (exact) mass is 508 g/mol. The normalized spacial score (nSPS) is 14.6. The molecule has 0 radical (unpaired) electrons. The third-order valence-corrected chi connectivity index (χ3v) is 7.70. The van der Waals surface area contributed by atoms with Gasteiger partial charge in [-0.15, -0.1) is 0 Å². The Morgan fingerprint density at radius 3 is 1.46 bits per heavy atom. The molecule has 0 amide bonds. The third kappa shape index (κ3) is 5.07. The van der Waals surface area contributed by atoms with Crippen LogP contribution in [0.1, 0.15) is 42.4 Å². The molecule has 2 aliphatic carbocycles. The van der Waals surface area contributed by atoms with Crippen molar-refractivity contribution in [3.63, 3.8) is 0 Å². The minimum atomic E-state index is 0.952. The summed E-state index contributed by atoms with van der Waals surface area (Å²) in [4.78, 5) is 4.98. The summed E-state index contributed by atoms with van der Waals surface area (Å²) in [5.74, 6) is 0. The van der Waals surface area contributed by atoms with Gasteiger partial charge in [0.25, 0.3) is 0 Å². The maximum Gasteiger partial charge on any atom is 0.0461 e. The van der Waals surface area contributed by atoms with E-state index in [1.165, 1.54) is 61.3 Å². The van der Waals surface area contributed by atoms with Gasteiger partial charge in [-0.2, -0.15) is 0 Å². The molecular formula is C37H36N2. The van der Waals surface area contributed by atoms with Crippen molar-refractivity contribution < 1.29 is 0 Å². The maximum atomic E-state index is 2.50. The molecule has 0 atom stereocenters. The summed E-state index contributed by atoms with van der Waals surface area (Å²) in [6.07, 6.45) is 11.1. The van der Waals surface area contributed by atoms with E-state index < -0.39 is 0 Å². The standard InChI is InChI=1S/C37H36N2/c1-27-12-9-17-31(24-27)38(30-15-5-4-6-16-30)36-22-23-37(35-21-8-7-20-34(35)36)39(32-18-10-13-28(2)25-32)33-19-11-14-29(3)26-33/h5,7-21,24-26H,4,6,22-23H2,1-3H3. The number of allylic oxidation sites excluding steroid dienone is 3. The summed E-state index contributed by atoms with van der Waals surface area (Å²) in [6, 6.07) is 35.7. The molecule has 0 aliphatic heterocycles. The zero-order chi connectivity index (χ0) is 26.8. The maximum absolute atomic E-state index is 2.50. The number of nitrogens with zero attached hydrogens (tertiary/aromatic N) is 2. The van der Waals surface area contributed by atoms with Crippen LogP contribution in [0.5, 0.6) is 0 Å². The molecule has 2 aliphatic rings. The lowest BCUT2D eigenvalue weighted by atomic mass is 9.97. The summed E-state index contributed by atoms with van der Waals surface area (Å²) in [5.41, 5.74) is 11.5. The number of anilines is 3. The van der Waals surface area contributed by atoms with Gasteiger partial charge < -0.3 is 9.80 Å². The molecule has 0 spiro atoms. The molecule has 2 nitrogen and oxygen atoms in total. The van der Waals surface area contributed by atoms with Crippen molar-refractivity contribution in [2.24, 2.45) is 0 Å². The van der Waals surface area contributed by atoms with Gasteiger partial charge in [0, 0.05) is 44.6 Å². The van der Waals surface area contributed by atoms with Crippen molar-refractivity contribution in [3.05, 3.63) is 148 Å². The van der Waals surface area contributed by atoms with E-state index in [-0.39, 0.29) is 0 Å². The number of fused-ring (bicyclic) bond motifs is 1. The van der Waals surface area contributed by atoms with Gasteiger partial charge in [-0.1, -0.05) is 72.8 Å². The molecule has 0 unspecified atom stereocenters. The Hall–Kier alpha value is -4.30. The van der Waals surface area contributed by atoms with E-state index in [0.29, 0.717) is 0 Å². The molecule has 0 bridgehead atoms. The van der Waals surface area contributed by atoms with E-state index in [1.54, 1.807) is 0 Å². The van der Waals surface area contributed by atoms with Crippen LogP contribution in [0.25, 0.3) is 11.4 Å². The smallest absolute Gasteiger partial charge is 0.0461 e. The molecule has 6 rings (SSSR count). The van der Waals surface area contributed by atoms with Gasteiger partial charge in [0.15, 0.2) is 0 Å². The van der Waals surface area contributed by atoms with Crippen LogP contribution in [-0.2, 0) is 0 Å². The van der Waals surface area contributed by atoms with Gasteiger partial charge in [-0.3, -0.25) is 0 Å². The number of hydrogen-bond acceptors (Lipinski definition) is 2. The third-order valence-electron chi connectivity index (χ3n) is 7.70. The quantitative estimate of drug-likeness (QED) is 0.259. The molecule has 0 fully saturated rings. The van der Waals surface area contributed by atoms with E-state index in [4.69, 9.17) is 0 Å². The lowest BCUT2D eigenvalue weighted by Gasteiger charge is -2.35. The predicted octanol–water partition coefficient (Wildman–Crippen LogP) is 8.20.